The van der Waals surface area contributed by atoms with Gasteiger partial charge in [-0.25, -0.2) is 4.79 Å². The summed E-state index contributed by atoms with van der Waals surface area (Å²) in [6.07, 6.45) is 0. The number of carboxylic acids is 1. The van der Waals surface area contributed by atoms with Gasteiger partial charge < -0.3 is 9.84 Å². The van der Waals surface area contributed by atoms with Gasteiger partial charge >= 0.3 is 5.97 Å². The summed E-state index contributed by atoms with van der Waals surface area (Å²) in [6, 6.07) is 9.73. The molecule has 0 aliphatic carbocycles. The Bertz CT molecular complexity index is 654. The van der Waals surface area contributed by atoms with E-state index in [1.165, 1.54) is 12.1 Å². The van der Waals surface area contributed by atoms with Gasteiger partial charge in [0.25, 0.3) is 0 Å². The molecule has 0 radical (unpaired) electrons. The number of halogens is 2. The number of benzene rings is 2. The maximum Gasteiger partial charge on any atom is 0.336 e. The van der Waals surface area contributed by atoms with E-state index in [1.807, 2.05) is 6.92 Å². The Morgan fingerprint density at radius 3 is 2.50 bits per heavy atom. The Morgan fingerprint density at radius 2 is 1.90 bits per heavy atom. The number of hydrogen-bond donors (Lipinski definition) is 1. The molecule has 0 saturated heterocycles. The van der Waals surface area contributed by atoms with Crippen molar-refractivity contribution in [2.75, 3.05) is 6.61 Å². The van der Waals surface area contributed by atoms with Crippen LogP contribution >= 0.6 is 23.2 Å². The molecule has 0 bridgehead atoms. The van der Waals surface area contributed by atoms with Crippen LogP contribution in [0.15, 0.2) is 36.4 Å². The highest BCUT2D eigenvalue weighted by Crippen LogP contribution is 2.34. The normalized spacial score (nSPS) is 10.3. The molecule has 2 aromatic rings. The fourth-order valence-corrected chi connectivity index (χ4v) is 2.34. The van der Waals surface area contributed by atoms with E-state index in [2.05, 4.69) is 0 Å². The van der Waals surface area contributed by atoms with Crippen molar-refractivity contribution in [3.63, 3.8) is 0 Å². The second-order valence-electron chi connectivity index (χ2n) is 4.07. The second-order valence-corrected chi connectivity index (χ2v) is 4.91. The average Bonchev–Trinajstić information content (AvgIpc) is 2.38. The van der Waals surface area contributed by atoms with E-state index in [-0.39, 0.29) is 5.56 Å². The van der Waals surface area contributed by atoms with Gasteiger partial charge in [0.15, 0.2) is 0 Å². The highest BCUT2D eigenvalue weighted by molar-refractivity contribution is 6.34. The minimum Gasteiger partial charge on any atom is -0.494 e. The first kappa shape index (κ1) is 14.7. The number of aromatic carboxylic acids is 1. The van der Waals surface area contributed by atoms with Crippen molar-refractivity contribution >= 4 is 29.2 Å². The molecule has 2 rings (SSSR count). The highest BCUT2D eigenvalue weighted by atomic mass is 35.5. The summed E-state index contributed by atoms with van der Waals surface area (Å²) in [5.41, 5.74) is 1.24. The number of hydrogen-bond acceptors (Lipinski definition) is 2. The first-order chi connectivity index (χ1) is 9.52. The molecule has 1 N–H and O–H groups in total. The molecule has 0 spiro atoms. The standard InChI is InChI=1S/C15H12Cl2O3/c1-2-20-10-4-6-11(14(17)8-10)13-7-9(16)3-5-12(13)15(18)19/h3-8H,2H2,1H3,(H,18,19). The van der Waals surface area contributed by atoms with E-state index in [9.17, 15) is 9.90 Å². The van der Waals surface area contributed by atoms with Crippen molar-refractivity contribution in [2.24, 2.45) is 0 Å². The maximum absolute atomic E-state index is 11.3. The Morgan fingerprint density at radius 1 is 1.15 bits per heavy atom. The van der Waals surface area contributed by atoms with Crippen molar-refractivity contribution in [1.82, 2.24) is 0 Å². The van der Waals surface area contributed by atoms with Gasteiger partial charge in [0.1, 0.15) is 5.75 Å². The lowest BCUT2D eigenvalue weighted by Crippen LogP contribution is -2.00. The van der Waals surface area contributed by atoms with E-state index < -0.39 is 5.97 Å². The minimum absolute atomic E-state index is 0.153. The molecule has 2 aromatic carbocycles. The van der Waals surface area contributed by atoms with E-state index >= 15 is 0 Å². The fraction of sp³-hybridized carbons (Fsp3) is 0.133. The second kappa shape index (κ2) is 6.16. The van der Waals surface area contributed by atoms with Gasteiger partial charge in [-0.2, -0.15) is 0 Å². The number of carboxylic acid groups (broad SMARTS) is 1. The van der Waals surface area contributed by atoms with Crippen LogP contribution in [-0.2, 0) is 0 Å². The summed E-state index contributed by atoms with van der Waals surface area (Å²) in [5, 5.41) is 10.1. The molecule has 0 saturated carbocycles. The van der Waals surface area contributed by atoms with Crippen molar-refractivity contribution in [3.05, 3.63) is 52.0 Å². The molecule has 0 amide bonds. The number of carbonyl (C=O) groups is 1. The van der Waals surface area contributed by atoms with Crippen LogP contribution in [-0.4, -0.2) is 17.7 Å². The summed E-state index contributed by atoms with van der Waals surface area (Å²) in [4.78, 5) is 11.3. The van der Waals surface area contributed by atoms with Gasteiger partial charge in [-0.05, 0) is 48.9 Å². The van der Waals surface area contributed by atoms with Gasteiger partial charge in [-0.3, -0.25) is 0 Å². The van der Waals surface area contributed by atoms with Gasteiger partial charge in [0.2, 0.25) is 0 Å². The molecule has 0 fully saturated rings. The quantitative estimate of drug-likeness (QED) is 0.885. The van der Waals surface area contributed by atoms with Crippen LogP contribution in [0.4, 0.5) is 0 Å². The third kappa shape index (κ3) is 3.06. The Labute approximate surface area is 126 Å². The smallest absolute Gasteiger partial charge is 0.336 e. The first-order valence-electron chi connectivity index (χ1n) is 5.98. The number of rotatable bonds is 4. The third-order valence-corrected chi connectivity index (χ3v) is 3.30. The summed E-state index contributed by atoms with van der Waals surface area (Å²) in [6.45, 7) is 2.41. The summed E-state index contributed by atoms with van der Waals surface area (Å²) in [7, 11) is 0. The summed E-state index contributed by atoms with van der Waals surface area (Å²) < 4.78 is 5.35. The lowest BCUT2D eigenvalue weighted by molar-refractivity contribution is 0.0698. The third-order valence-electron chi connectivity index (χ3n) is 2.75. The molecular weight excluding hydrogens is 299 g/mol. The largest absolute Gasteiger partial charge is 0.494 e. The van der Waals surface area contributed by atoms with E-state index in [0.717, 1.165) is 0 Å². The zero-order valence-electron chi connectivity index (χ0n) is 10.7. The van der Waals surface area contributed by atoms with Crippen molar-refractivity contribution in [1.29, 1.82) is 0 Å². The Balaban J connectivity index is 2.56. The molecule has 0 atom stereocenters. The predicted octanol–water partition coefficient (Wildman–Crippen LogP) is 4.76. The lowest BCUT2D eigenvalue weighted by atomic mass is 9.99. The Kier molecular flexibility index (Phi) is 4.53. The SMILES string of the molecule is CCOc1ccc(-c2cc(Cl)ccc2C(=O)O)c(Cl)c1. The van der Waals surface area contributed by atoms with Crippen LogP contribution in [0.25, 0.3) is 11.1 Å². The van der Waals surface area contributed by atoms with Crippen LogP contribution in [0.3, 0.4) is 0 Å². The average molecular weight is 311 g/mol. The van der Waals surface area contributed by atoms with E-state index in [4.69, 9.17) is 27.9 Å². The molecule has 104 valence electrons. The highest BCUT2D eigenvalue weighted by Gasteiger charge is 2.15. The van der Waals surface area contributed by atoms with Crippen LogP contribution < -0.4 is 4.74 Å². The lowest BCUT2D eigenvalue weighted by Gasteiger charge is -2.11. The topological polar surface area (TPSA) is 46.5 Å². The molecule has 0 aromatic heterocycles. The van der Waals surface area contributed by atoms with Crippen molar-refractivity contribution in [2.45, 2.75) is 6.92 Å². The van der Waals surface area contributed by atoms with Gasteiger partial charge in [0, 0.05) is 10.6 Å². The fourth-order valence-electron chi connectivity index (χ4n) is 1.90. The minimum atomic E-state index is -1.03. The molecule has 3 nitrogen and oxygen atoms in total. The molecule has 20 heavy (non-hydrogen) atoms. The monoisotopic (exact) mass is 310 g/mol. The van der Waals surface area contributed by atoms with Crippen molar-refractivity contribution in [3.8, 4) is 16.9 Å². The first-order valence-corrected chi connectivity index (χ1v) is 6.74. The molecule has 0 aliphatic heterocycles. The molecular formula is C15H12Cl2O3. The predicted molar refractivity (Wildman–Crippen MR) is 80.0 cm³/mol. The van der Waals surface area contributed by atoms with E-state index in [0.29, 0.717) is 33.5 Å². The van der Waals surface area contributed by atoms with Crippen LogP contribution in [0.2, 0.25) is 10.0 Å². The molecule has 0 aliphatic rings. The van der Waals surface area contributed by atoms with Crippen molar-refractivity contribution < 1.29 is 14.6 Å². The van der Waals surface area contributed by atoms with Gasteiger partial charge in [-0.15, -0.1) is 0 Å². The number of ether oxygens (including phenoxy) is 1. The maximum atomic E-state index is 11.3. The van der Waals surface area contributed by atoms with E-state index in [1.54, 1.807) is 24.3 Å². The Hall–Kier alpha value is -1.71. The van der Waals surface area contributed by atoms with Crippen LogP contribution in [0.5, 0.6) is 5.75 Å². The molecule has 0 unspecified atom stereocenters. The van der Waals surface area contributed by atoms with Crippen LogP contribution in [0, 0.1) is 0 Å². The van der Waals surface area contributed by atoms with Gasteiger partial charge in [-0.1, -0.05) is 23.2 Å². The zero-order chi connectivity index (χ0) is 14.7. The summed E-state index contributed by atoms with van der Waals surface area (Å²) in [5.74, 6) is -0.387. The molecule has 0 heterocycles. The van der Waals surface area contributed by atoms with Crippen LogP contribution in [0.1, 0.15) is 17.3 Å². The summed E-state index contributed by atoms with van der Waals surface area (Å²) >= 11 is 12.2. The molecule has 5 heteroatoms. The zero-order valence-corrected chi connectivity index (χ0v) is 12.2. The van der Waals surface area contributed by atoms with Gasteiger partial charge in [0.05, 0.1) is 17.2 Å².